The summed E-state index contributed by atoms with van der Waals surface area (Å²) in [5.74, 6) is 1.33. The molecule has 1 N–H and O–H groups in total. The fourth-order valence-corrected chi connectivity index (χ4v) is 2.66. The fraction of sp³-hybridized carbons (Fsp3) is 0.562. The first-order valence-corrected chi connectivity index (χ1v) is 7.39. The Kier molecular flexibility index (Phi) is 5.44. The second-order valence-electron chi connectivity index (χ2n) is 5.46. The molecule has 0 bridgehead atoms. The van der Waals surface area contributed by atoms with Gasteiger partial charge in [-0.1, -0.05) is 6.42 Å². The minimum atomic E-state index is -0.000874. The number of ether oxygens (including phenoxy) is 2. The highest BCUT2D eigenvalue weighted by Gasteiger charge is 2.20. The van der Waals surface area contributed by atoms with Gasteiger partial charge in [-0.3, -0.25) is 9.69 Å². The molecule has 1 aliphatic heterocycles. The van der Waals surface area contributed by atoms with Crippen LogP contribution in [0.5, 0.6) is 11.5 Å². The summed E-state index contributed by atoms with van der Waals surface area (Å²) in [6.07, 6.45) is 3.59. The number of likely N-dealkylation sites (tertiary alicyclic amines) is 1. The maximum Gasteiger partial charge on any atom is 0.238 e. The highest BCUT2D eigenvalue weighted by atomic mass is 16.5. The summed E-state index contributed by atoms with van der Waals surface area (Å²) >= 11 is 0. The first-order chi connectivity index (χ1) is 10.1. The number of anilines is 1. The van der Waals surface area contributed by atoms with E-state index in [4.69, 9.17) is 9.47 Å². The molecule has 0 aliphatic carbocycles. The summed E-state index contributed by atoms with van der Waals surface area (Å²) in [4.78, 5) is 14.4. The van der Waals surface area contributed by atoms with Crippen LogP contribution in [-0.2, 0) is 4.79 Å². The molecule has 5 heteroatoms. The van der Waals surface area contributed by atoms with Crippen LogP contribution in [0.15, 0.2) is 18.2 Å². The maximum atomic E-state index is 12.2. The molecule has 0 aromatic heterocycles. The van der Waals surface area contributed by atoms with E-state index in [0.717, 1.165) is 6.54 Å². The Morgan fingerprint density at radius 3 is 2.48 bits per heavy atom. The highest BCUT2D eigenvalue weighted by molar-refractivity contribution is 5.92. The molecule has 1 aromatic carbocycles. The van der Waals surface area contributed by atoms with Crippen LogP contribution in [0.4, 0.5) is 5.69 Å². The van der Waals surface area contributed by atoms with E-state index in [9.17, 15) is 4.79 Å². The number of nitrogens with zero attached hydrogens (tertiary/aromatic N) is 1. The van der Waals surface area contributed by atoms with Gasteiger partial charge in [0.2, 0.25) is 5.91 Å². The lowest BCUT2D eigenvalue weighted by atomic mass is 10.0. The third-order valence-electron chi connectivity index (χ3n) is 3.92. The normalized spacial score (nSPS) is 19.1. The SMILES string of the molecule is COc1cc(NC(=O)CN2CCCCC2C)cc(OC)c1. The Morgan fingerprint density at radius 2 is 1.90 bits per heavy atom. The molecular formula is C16H24N2O3. The smallest absolute Gasteiger partial charge is 0.238 e. The van der Waals surface area contributed by atoms with Gasteiger partial charge < -0.3 is 14.8 Å². The van der Waals surface area contributed by atoms with Crippen LogP contribution >= 0.6 is 0 Å². The largest absolute Gasteiger partial charge is 0.497 e. The molecule has 5 nitrogen and oxygen atoms in total. The van der Waals surface area contributed by atoms with Crippen LogP contribution in [0, 0.1) is 0 Å². The quantitative estimate of drug-likeness (QED) is 0.906. The monoisotopic (exact) mass is 292 g/mol. The molecule has 0 spiro atoms. The average molecular weight is 292 g/mol. The number of piperidine rings is 1. The molecule has 1 aliphatic rings. The van der Waals surface area contributed by atoms with E-state index in [-0.39, 0.29) is 5.91 Å². The van der Waals surface area contributed by atoms with Crippen molar-refractivity contribution in [2.24, 2.45) is 0 Å². The number of hydrogen-bond donors (Lipinski definition) is 1. The van der Waals surface area contributed by atoms with Crippen molar-refractivity contribution in [1.29, 1.82) is 0 Å². The third kappa shape index (κ3) is 4.36. The van der Waals surface area contributed by atoms with Gasteiger partial charge in [-0.05, 0) is 26.3 Å². The molecule has 1 saturated heterocycles. The molecule has 1 fully saturated rings. The number of rotatable bonds is 5. The molecule has 0 saturated carbocycles. The molecule has 116 valence electrons. The van der Waals surface area contributed by atoms with E-state index in [2.05, 4.69) is 17.1 Å². The van der Waals surface area contributed by atoms with Crippen molar-refractivity contribution in [2.75, 3.05) is 32.6 Å². The summed E-state index contributed by atoms with van der Waals surface area (Å²) in [6, 6.07) is 5.84. The fourth-order valence-electron chi connectivity index (χ4n) is 2.66. The van der Waals surface area contributed by atoms with Gasteiger partial charge in [0, 0.05) is 29.9 Å². The Hall–Kier alpha value is -1.75. The first-order valence-electron chi connectivity index (χ1n) is 7.39. The zero-order valence-corrected chi connectivity index (χ0v) is 13.0. The van der Waals surface area contributed by atoms with E-state index in [0.29, 0.717) is 29.8 Å². The number of carbonyl (C=O) groups excluding carboxylic acids is 1. The standard InChI is InChI=1S/C16H24N2O3/c1-12-6-4-5-7-18(12)11-16(19)17-13-8-14(20-2)10-15(9-13)21-3/h8-10,12H,4-7,11H2,1-3H3,(H,17,19). The summed E-state index contributed by atoms with van der Waals surface area (Å²) < 4.78 is 10.4. The predicted molar refractivity (Wildman–Crippen MR) is 83.1 cm³/mol. The van der Waals surface area contributed by atoms with Crippen LogP contribution in [0.3, 0.4) is 0 Å². The molecule has 21 heavy (non-hydrogen) atoms. The third-order valence-corrected chi connectivity index (χ3v) is 3.92. The van der Waals surface area contributed by atoms with E-state index in [1.165, 1.54) is 19.3 Å². The van der Waals surface area contributed by atoms with Crippen molar-refractivity contribution in [2.45, 2.75) is 32.2 Å². The number of amides is 1. The molecule has 1 heterocycles. The average Bonchev–Trinajstić information content (AvgIpc) is 2.49. The minimum Gasteiger partial charge on any atom is -0.497 e. The number of hydrogen-bond acceptors (Lipinski definition) is 4. The maximum absolute atomic E-state index is 12.2. The van der Waals surface area contributed by atoms with Crippen LogP contribution in [0.25, 0.3) is 0 Å². The number of carbonyl (C=O) groups is 1. The van der Waals surface area contributed by atoms with Crippen molar-refractivity contribution in [3.05, 3.63) is 18.2 Å². The van der Waals surface area contributed by atoms with Crippen LogP contribution in [-0.4, -0.2) is 44.2 Å². The Bertz CT molecular complexity index is 468. The zero-order valence-electron chi connectivity index (χ0n) is 13.0. The van der Waals surface area contributed by atoms with Gasteiger partial charge in [0.05, 0.1) is 20.8 Å². The molecule has 1 amide bonds. The van der Waals surface area contributed by atoms with E-state index in [1.807, 2.05) is 0 Å². The lowest BCUT2D eigenvalue weighted by molar-refractivity contribution is -0.118. The molecule has 2 rings (SSSR count). The van der Waals surface area contributed by atoms with Gasteiger partial charge in [0.25, 0.3) is 0 Å². The van der Waals surface area contributed by atoms with E-state index < -0.39 is 0 Å². The van der Waals surface area contributed by atoms with Gasteiger partial charge in [-0.15, -0.1) is 0 Å². The lowest BCUT2D eigenvalue weighted by Gasteiger charge is -2.32. The summed E-state index contributed by atoms with van der Waals surface area (Å²) in [7, 11) is 3.19. The first kappa shape index (κ1) is 15.6. The van der Waals surface area contributed by atoms with Gasteiger partial charge in [0.1, 0.15) is 11.5 Å². The number of methoxy groups -OCH3 is 2. The lowest BCUT2D eigenvalue weighted by Crippen LogP contribution is -2.42. The van der Waals surface area contributed by atoms with E-state index >= 15 is 0 Å². The van der Waals surface area contributed by atoms with Gasteiger partial charge >= 0.3 is 0 Å². The topological polar surface area (TPSA) is 50.8 Å². The summed E-state index contributed by atoms with van der Waals surface area (Å²) in [5.41, 5.74) is 0.695. The minimum absolute atomic E-state index is 0.000874. The molecule has 1 atom stereocenters. The van der Waals surface area contributed by atoms with Crippen LogP contribution in [0.1, 0.15) is 26.2 Å². The van der Waals surface area contributed by atoms with Crippen molar-refractivity contribution in [1.82, 2.24) is 4.90 Å². The van der Waals surface area contributed by atoms with Crippen molar-refractivity contribution >= 4 is 11.6 Å². The zero-order chi connectivity index (χ0) is 15.2. The molecule has 0 radical (unpaired) electrons. The summed E-state index contributed by atoms with van der Waals surface area (Å²) in [5, 5.41) is 2.92. The molecular weight excluding hydrogens is 268 g/mol. The van der Waals surface area contributed by atoms with Crippen molar-refractivity contribution in [3.63, 3.8) is 0 Å². The Labute approximate surface area is 126 Å². The second-order valence-corrected chi connectivity index (χ2v) is 5.46. The predicted octanol–water partition coefficient (Wildman–Crippen LogP) is 2.52. The number of nitrogens with one attached hydrogen (secondary N) is 1. The van der Waals surface area contributed by atoms with Crippen molar-refractivity contribution in [3.8, 4) is 11.5 Å². The Balaban J connectivity index is 1.98. The summed E-state index contributed by atoms with van der Waals surface area (Å²) in [6.45, 7) is 3.61. The van der Waals surface area contributed by atoms with Crippen LogP contribution in [0.2, 0.25) is 0 Å². The number of benzene rings is 1. The highest BCUT2D eigenvalue weighted by Crippen LogP contribution is 2.25. The van der Waals surface area contributed by atoms with Crippen molar-refractivity contribution < 1.29 is 14.3 Å². The van der Waals surface area contributed by atoms with Gasteiger partial charge in [-0.25, -0.2) is 0 Å². The van der Waals surface area contributed by atoms with Gasteiger partial charge in [0.15, 0.2) is 0 Å². The Morgan fingerprint density at radius 1 is 1.24 bits per heavy atom. The molecule has 1 aromatic rings. The second kappa shape index (κ2) is 7.31. The van der Waals surface area contributed by atoms with Gasteiger partial charge in [-0.2, -0.15) is 0 Å². The van der Waals surface area contributed by atoms with Crippen LogP contribution < -0.4 is 14.8 Å². The molecule has 1 unspecified atom stereocenters. The van der Waals surface area contributed by atoms with E-state index in [1.54, 1.807) is 32.4 Å².